The van der Waals surface area contributed by atoms with E-state index >= 15 is 0 Å². The molecular formula is C18H23ClN4O. The zero-order chi connectivity index (χ0) is 16.3. The van der Waals surface area contributed by atoms with Gasteiger partial charge in [0.1, 0.15) is 5.82 Å². The van der Waals surface area contributed by atoms with E-state index in [1.54, 1.807) is 0 Å². The van der Waals surface area contributed by atoms with Crippen LogP contribution in [0, 0.1) is 23.2 Å². The molecule has 0 aliphatic heterocycles. The molecule has 5 nitrogen and oxygen atoms in total. The van der Waals surface area contributed by atoms with Gasteiger partial charge in [-0.2, -0.15) is 0 Å². The standard InChI is InChI=1S/C18H23ClN4O/c19-13(4-14-22-15-16(23-14)20-9-21-17(15)24)8-18-5-10-1-11(6-18)3-12(2-10)7-18/h9-13H,1-8H2,(H2,20,21,22,23,24). The predicted octanol–water partition coefficient (Wildman–Crippen LogP) is 3.40. The Morgan fingerprint density at radius 1 is 1.21 bits per heavy atom. The lowest BCUT2D eigenvalue weighted by Crippen LogP contribution is -2.47. The molecule has 2 heterocycles. The molecule has 6 heteroatoms. The van der Waals surface area contributed by atoms with Crippen molar-refractivity contribution in [3.63, 3.8) is 0 Å². The van der Waals surface area contributed by atoms with Gasteiger partial charge in [-0.25, -0.2) is 9.97 Å². The van der Waals surface area contributed by atoms with Crippen LogP contribution in [0.1, 0.15) is 50.8 Å². The molecule has 4 aliphatic carbocycles. The molecule has 6 rings (SSSR count). The molecule has 24 heavy (non-hydrogen) atoms. The normalized spacial score (nSPS) is 35.6. The van der Waals surface area contributed by atoms with Gasteiger partial charge in [0.05, 0.1) is 6.33 Å². The summed E-state index contributed by atoms with van der Waals surface area (Å²) in [6.07, 6.45) is 11.7. The van der Waals surface area contributed by atoms with Gasteiger partial charge in [0.25, 0.3) is 5.56 Å². The highest BCUT2D eigenvalue weighted by Gasteiger charge is 2.51. The number of aromatic nitrogens is 4. The lowest BCUT2D eigenvalue weighted by molar-refractivity contribution is -0.0575. The molecule has 2 N–H and O–H groups in total. The Bertz CT molecular complexity index is 790. The Balaban J connectivity index is 1.32. The van der Waals surface area contributed by atoms with E-state index in [1.165, 1.54) is 44.9 Å². The van der Waals surface area contributed by atoms with Crippen molar-refractivity contribution in [1.82, 2.24) is 19.9 Å². The second-order valence-corrected chi connectivity index (χ2v) is 9.15. The number of rotatable bonds is 4. The van der Waals surface area contributed by atoms with Crippen molar-refractivity contribution in [3.05, 3.63) is 22.5 Å². The van der Waals surface area contributed by atoms with E-state index in [4.69, 9.17) is 11.6 Å². The summed E-state index contributed by atoms with van der Waals surface area (Å²) >= 11 is 6.75. The van der Waals surface area contributed by atoms with Crippen LogP contribution in [-0.4, -0.2) is 25.3 Å². The molecule has 1 unspecified atom stereocenters. The highest BCUT2D eigenvalue weighted by Crippen LogP contribution is 2.61. The lowest BCUT2D eigenvalue weighted by atomic mass is 9.48. The summed E-state index contributed by atoms with van der Waals surface area (Å²) in [7, 11) is 0. The maximum atomic E-state index is 11.8. The Labute approximate surface area is 145 Å². The van der Waals surface area contributed by atoms with Crippen molar-refractivity contribution in [2.24, 2.45) is 23.2 Å². The molecular weight excluding hydrogens is 324 g/mol. The van der Waals surface area contributed by atoms with E-state index in [0.717, 1.165) is 30.0 Å². The predicted molar refractivity (Wildman–Crippen MR) is 93.1 cm³/mol. The summed E-state index contributed by atoms with van der Waals surface area (Å²) in [5, 5.41) is 0.0703. The average molecular weight is 347 g/mol. The number of H-pyrrole nitrogens is 2. The molecule has 2 aromatic heterocycles. The monoisotopic (exact) mass is 346 g/mol. The molecule has 4 fully saturated rings. The largest absolute Gasteiger partial charge is 0.336 e. The third-order valence-electron chi connectivity index (χ3n) is 6.58. The number of alkyl halides is 1. The van der Waals surface area contributed by atoms with Crippen molar-refractivity contribution < 1.29 is 0 Å². The molecule has 128 valence electrons. The fraction of sp³-hybridized carbons (Fsp3) is 0.722. The minimum atomic E-state index is -0.175. The van der Waals surface area contributed by atoms with Gasteiger partial charge in [-0.05, 0) is 68.1 Å². The highest BCUT2D eigenvalue weighted by atomic mass is 35.5. The van der Waals surface area contributed by atoms with Crippen LogP contribution < -0.4 is 5.56 Å². The lowest BCUT2D eigenvalue weighted by Gasteiger charge is -2.57. The van der Waals surface area contributed by atoms with Crippen LogP contribution in [0.3, 0.4) is 0 Å². The topological polar surface area (TPSA) is 74.4 Å². The molecule has 0 saturated heterocycles. The number of aromatic amines is 2. The molecule has 1 atom stereocenters. The first-order valence-corrected chi connectivity index (χ1v) is 9.58. The number of nitrogens with zero attached hydrogens (tertiary/aromatic N) is 2. The maximum absolute atomic E-state index is 11.8. The van der Waals surface area contributed by atoms with Gasteiger partial charge >= 0.3 is 0 Å². The summed E-state index contributed by atoms with van der Waals surface area (Å²) in [5.41, 5.74) is 1.23. The first-order valence-electron chi connectivity index (χ1n) is 9.15. The zero-order valence-corrected chi connectivity index (χ0v) is 14.5. The van der Waals surface area contributed by atoms with Crippen LogP contribution in [-0.2, 0) is 6.42 Å². The number of hydrogen-bond donors (Lipinski definition) is 2. The van der Waals surface area contributed by atoms with E-state index < -0.39 is 0 Å². The summed E-state index contributed by atoms with van der Waals surface area (Å²) in [5.74, 6) is 3.64. The van der Waals surface area contributed by atoms with Crippen molar-refractivity contribution in [2.45, 2.75) is 56.7 Å². The summed E-state index contributed by atoms with van der Waals surface area (Å²) in [6, 6.07) is 0. The Morgan fingerprint density at radius 3 is 2.50 bits per heavy atom. The fourth-order valence-electron chi connectivity index (χ4n) is 6.28. The van der Waals surface area contributed by atoms with Crippen molar-refractivity contribution in [1.29, 1.82) is 0 Å². The highest BCUT2D eigenvalue weighted by molar-refractivity contribution is 6.20. The van der Waals surface area contributed by atoms with Gasteiger partial charge in [0.2, 0.25) is 0 Å². The van der Waals surface area contributed by atoms with Crippen LogP contribution in [0.4, 0.5) is 0 Å². The SMILES string of the molecule is O=c1[nH]cnc2nc(CC(Cl)CC34CC5CC(CC(C5)C3)C4)[nH]c12. The summed E-state index contributed by atoms with van der Waals surface area (Å²) in [4.78, 5) is 26.0. The molecule has 0 radical (unpaired) electrons. The molecule has 0 aromatic carbocycles. The summed E-state index contributed by atoms with van der Waals surface area (Å²) in [6.45, 7) is 0. The van der Waals surface area contributed by atoms with Gasteiger partial charge in [-0.3, -0.25) is 4.79 Å². The fourth-order valence-corrected chi connectivity index (χ4v) is 6.75. The van der Waals surface area contributed by atoms with E-state index in [9.17, 15) is 4.79 Å². The number of hydrogen-bond acceptors (Lipinski definition) is 3. The Hall–Kier alpha value is -1.36. The number of halogens is 1. The Kier molecular flexibility index (Phi) is 3.31. The average Bonchev–Trinajstić information content (AvgIpc) is 2.88. The van der Waals surface area contributed by atoms with Crippen molar-refractivity contribution >= 4 is 22.8 Å². The van der Waals surface area contributed by atoms with E-state index in [0.29, 0.717) is 23.0 Å². The van der Waals surface area contributed by atoms with Gasteiger partial charge in [0.15, 0.2) is 11.2 Å². The molecule has 4 bridgehead atoms. The van der Waals surface area contributed by atoms with Crippen molar-refractivity contribution in [3.8, 4) is 0 Å². The molecule has 0 amide bonds. The van der Waals surface area contributed by atoms with E-state index in [-0.39, 0.29) is 10.9 Å². The van der Waals surface area contributed by atoms with E-state index in [2.05, 4.69) is 19.9 Å². The molecule has 4 saturated carbocycles. The third kappa shape index (κ3) is 2.48. The first kappa shape index (κ1) is 14.9. The molecule has 4 aliphatic rings. The zero-order valence-electron chi connectivity index (χ0n) is 13.7. The third-order valence-corrected chi connectivity index (χ3v) is 6.89. The maximum Gasteiger partial charge on any atom is 0.276 e. The van der Waals surface area contributed by atoms with Crippen LogP contribution >= 0.6 is 11.6 Å². The second kappa shape index (κ2) is 5.32. The van der Waals surface area contributed by atoms with Gasteiger partial charge in [-0.1, -0.05) is 0 Å². The van der Waals surface area contributed by atoms with Gasteiger partial charge < -0.3 is 9.97 Å². The number of fused-ring (bicyclic) bond motifs is 1. The van der Waals surface area contributed by atoms with E-state index in [1.807, 2.05) is 0 Å². The van der Waals surface area contributed by atoms with Crippen LogP contribution in [0.25, 0.3) is 11.2 Å². The molecule has 2 aromatic rings. The Morgan fingerprint density at radius 2 is 1.88 bits per heavy atom. The second-order valence-electron chi connectivity index (χ2n) is 8.54. The van der Waals surface area contributed by atoms with Crippen molar-refractivity contribution in [2.75, 3.05) is 0 Å². The summed E-state index contributed by atoms with van der Waals surface area (Å²) < 4.78 is 0. The number of nitrogens with one attached hydrogen (secondary N) is 2. The minimum absolute atomic E-state index is 0.0703. The molecule has 0 spiro atoms. The quantitative estimate of drug-likeness (QED) is 0.833. The number of imidazole rings is 1. The smallest absolute Gasteiger partial charge is 0.276 e. The van der Waals surface area contributed by atoms with Crippen LogP contribution in [0.5, 0.6) is 0 Å². The van der Waals surface area contributed by atoms with Gasteiger partial charge in [0, 0.05) is 11.8 Å². The van der Waals surface area contributed by atoms with Crippen LogP contribution in [0.15, 0.2) is 11.1 Å². The van der Waals surface area contributed by atoms with Crippen LogP contribution in [0.2, 0.25) is 0 Å². The first-order chi connectivity index (χ1) is 11.6. The van der Waals surface area contributed by atoms with Gasteiger partial charge in [-0.15, -0.1) is 11.6 Å². The minimum Gasteiger partial charge on any atom is -0.336 e.